The molecule has 1 aromatic carbocycles. The van der Waals surface area contributed by atoms with Gasteiger partial charge in [-0.1, -0.05) is 0 Å². The molecule has 0 unspecified atom stereocenters. The second-order valence-electron chi connectivity index (χ2n) is 7.09. The van der Waals surface area contributed by atoms with E-state index >= 15 is 0 Å². The van der Waals surface area contributed by atoms with Crippen LogP contribution in [0.15, 0.2) is 29.6 Å². The molecule has 0 spiro atoms. The molecule has 124 valence electrons. The van der Waals surface area contributed by atoms with Gasteiger partial charge in [0.2, 0.25) is 0 Å². The highest BCUT2D eigenvalue weighted by molar-refractivity contribution is 7.10. The Bertz CT molecular complexity index is 640. The Balaban J connectivity index is 1.70. The fourth-order valence-corrected chi connectivity index (χ4v) is 4.29. The summed E-state index contributed by atoms with van der Waals surface area (Å²) in [6, 6.07) is 8.89. The maximum atomic E-state index is 5.22. The van der Waals surface area contributed by atoms with E-state index in [1.807, 2.05) is 23.5 Å². The molecule has 0 bridgehead atoms. The Morgan fingerprint density at radius 3 is 2.39 bits per heavy atom. The normalized spacial score (nSPS) is 24.8. The maximum Gasteiger partial charge on any atom is 0.118 e. The fraction of sp³-hybridized carbons (Fsp3) is 0.526. The summed E-state index contributed by atoms with van der Waals surface area (Å²) < 4.78 is 6.43. The number of nitrogens with zero attached hydrogens (tertiary/aromatic N) is 2. The predicted octanol–water partition coefficient (Wildman–Crippen LogP) is 4.55. The van der Waals surface area contributed by atoms with Crippen molar-refractivity contribution >= 4 is 11.3 Å². The summed E-state index contributed by atoms with van der Waals surface area (Å²) in [6.07, 6.45) is 2.51. The van der Waals surface area contributed by atoms with E-state index in [-0.39, 0.29) is 0 Å². The Labute approximate surface area is 143 Å². The molecule has 0 aliphatic carbocycles. The van der Waals surface area contributed by atoms with Gasteiger partial charge in [-0.2, -0.15) is 0 Å². The predicted molar refractivity (Wildman–Crippen MR) is 97.1 cm³/mol. The summed E-state index contributed by atoms with van der Waals surface area (Å²) in [5.41, 5.74) is 2.27. The van der Waals surface area contributed by atoms with E-state index in [0.29, 0.717) is 12.0 Å². The number of benzene rings is 1. The quantitative estimate of drug-likeness (QED) is 0.767. The third-order valence-corrected chi connectivity index (χ3v) is 6.49. The van der Waals surface area contributed by atoms with Gasteiger partial charge in [0.25, 0.3) is 0 Å². The van der Waals surface area contributed by atoms with E-state index in [1.54, 1.807) is 7.11 Å². The van der Waals surface area contributed by atoms with Gasteiger partial charge in [0.1, 0.15) is 5.75 Å². The van der Waals surface area contributed by atoms with Crippen LogP contribution in [0.4, 0.5) is 0 Å². The molecule has 0 N–H and O–H groups in total. The third kappa shape index (κ3) is 3.43. The molecule has 1 fully saturated rings. The van der Waals surface area contributed by atoms with E-state index in [4.69, 9.17) is 9.72 Å². The molecule has 4 heteroatoms. The highest BCUT2D eigenvalue weighted by Gasteiger charge is 2.34. The van der Waals surface area contributed by atoms with Crippen LogP contribution in [0.5, 0.6) is 5.75 Å². The number of ether oxygens (including phenoxy) is 1. The second kappa shape index (κ2) is 6.62. The van der Waals surface area contributed by atoms with Gasteiger partial charge in [0.15, 0.2) is 0 Å². The molecule has 1 aliphatic rings. The lowest BCUT2D eigenvalue weighted by molar-refractivity contribution is -0.934. The van der Waals surface area contributed by atoms with Crippen LogP contribution in [0.25, 0.3) is 11.3 Å². The van der Waals surface area contributed by atoms with Crippen molar-refractivity contribution in [1.82, 2.24) is 4.98 Å². The SMILES string of the molecule is COc1ccc(-c2csc(C3CC[N+](C)(C(C)C)CC3)n2)cc1. The first-order valence-electron chi connectivity index (χ1n) is 8.46. The van der Waals surface area contributed by atoms with E-state index in [1.165, 1.54) is 41.0 Å². The van der Waals surface area contributed by atoms with Crippen LogP contribution in [-0.4, -0.2) is 42.8 Å². The van der Waals surface area contributed by atoms with E-state index < -0.39 is 0 Å². The molecule has 0 radical (unpaired) electrons. The van der Waals surface area contributed by atoms with Gasteiger partial charge in [-0.3, -0.25) is 0 Å². The second-order valence-corrected chi connectivity index (χ2v) is 7.98. The molecule has 23 heavy (non-hydrogen) atoms. The van der Waals surface area contributed by atoms with Crippen molar-refractivity contribution in [2.45, 2.75) is 38.6 Å². The molecule has 2 aromatic rings. The molecule has 2 heterocycles. The zero-order valence-electron chi connectivity index (χ0n) is 14.6. The minimum atomic E-state index is 0.636. The molecule has 3 rings (SSSR count). The first-order chi connectivity index (χ1) is 11.0. The first-order valence-corrected chi connectivity index (χ1v) is 9.34. The van der Waals surface area contributed by atoms with E-state index in [0.717, 1.165) is 11.4 Å². The largest absolute Gasteiger partial charge is 0.497 e. The summed E-state index contributed by atoms with van der Waals surface area (Å²) in [6.45, 7) is 7.20. The average molecular weight is 332 g/mol. The molecular weight excluding hydrogens is 304 g/mol. The number of rotatable bonds is 4. The summed E-state index contributed by atoms with van der Waals surface area (Å²) in [7, 11) is 4.09. The fourth-order valence-electron chi connectivity index (χ4n) is 3.29. The maximum absolute atomic E-state index is 5.22. The lowest BCUT2D eigenvalue weighted by atomic mass is 9.94. The van der Waals surface area contributed by atoms with Gasteiger partial charge >= 0.3 is 0 Å². The molecule has 1 saturated heterocycles. The molecule has 1 aliphatic heterocycles. The Hall–Kier alpha value is -1.39. The van der Waals surface area contributed by atoms with Crippen molar-refractivity contribution in [3.8, 4) is 17.0 Å². The highest BCUT2D eigenvalue weighted by atomic mass is 32.1. The summed E-state index contributed by atoms with van der Waals surface area (Å²) in [5.74, 6) is 1.53. The number of hydrogen-bond donors (Lipinski definition) is 0. The molecule has 3 nitrogen and oxygen atoms in total. The van der Waals surface area contributed by atoms with E-state index in [9.17, 15) is 0 Å². The standard InChI is InChI=1S/C19H27N2OS/c1-14(2)21(3)11-9-16(10-12-21)19-20-18(13-23-19)15-5-7-17(22-4)8-6-15/h5-8,13-14,16H,9-12H2,1-4H3/q+1. The lowest BCUT2D eigenvalue weighted by Crippen LogP contribution is -2.53. The molecule has 0 atom stereocenters. The van der Waals surface area contributed by atoms with Crippen molar-refractivity contribution in [1.29, 1.82) is 0 Å². The molecule has 0 amide bonds. The summed E-state index contributed by atoms with van der Waals surface area (Å²) in [4.78, 5) is 4.92. The number of piperidine rings is 1. The van der Waals surface area contributed by atoms with Crippen LogP contribution in [0.2, 0.25) is 0 Å². The van der Waals surface area contributed by atoms with Gasteiger partial charge in [-0.25, -0.2) is 4.98 Å². The Morgan fingerprint density at radius 1 is 1.17 bits per heavy atom. The smallest absolute Gasteiger partial charge is 0.118 e. The molecule has 1 aromatic heterocycles. The van der Waals surface area contributed by atoms with Crippen LogP contribution in [-0.2, 0) is 0 Å². The van der Waals surface area contributed by atoms with Crippen LogP contribution < -0.4 is 4.74 Å². The van der Waals surface area contributed by atoms with Gasteiger partial charge in [-0.05, 0) is 38.1 Å². The molecule has 0 saturated carbocycles. The van der Waals surface area contributed by atoms with Crippen LogP contribution in [0.3, 0.4) is 0 Å². The number of aromatic nitrogens is 1. The zero-order chi connectivity index (χ0) is 16.4. The van der Waals surface area contributed by atoms with Crippen molar-refractivity contribution in [2.24, 2.45) is 0 Å². The highest BCUT2D eigenvalue weighted by Crippen LogP contribution is 2.35. The zero-order valence-corrected chi connectivity index (χ0v) is 15.4. The van der Waals surface area contributed by atoms with Crippen LogP contribution in [0, 0.1) is 0 Å². The number of quaternary nitrogens is 1. The van der Waals surface area contributed by atoms with Gasteiger partial charge in [0, 0.05) is 29.7 Å². The van der Waals surface area contributed by atoms with Crippen molar-refractivity contribution < 1.29 is 9.22 Å². The van der Waals surface area contributed by atoms with Crippen LogP contribution >= 0.6 is 11.3 Å². The monoisotopic (exact) mass is 331 g/mol. The van der Waals surface area contributed by atoms with Gasteiger partial charge in [-0.15, -0.1) is 11.3 Å². The number of hydrogen-bond acceptors (Lipinski definition) is 3. The van der Waals surface area contributed by atoms with Gasteiger partial charge < -0.3 is 9.22 Å². The Morgan fingerprint density at radius 2 is 1.83 bits per heavy atom. The lowest BCUT2D eigenvalue weighted by Gasteiger charge is -2.43. The van der Waals surface area contributed by atoms with Crippen molar-refractivity contribution in [3.05, 3.63) is 34.7 Å². The third-order valence-electron chi connectivity index (χ3n) is 5.48. The van der Waals surface area contributed by atoms with Gasteiger partial charge in [0.05, 0.1) is 44.0 Å². The Kier molecular flexibility index (Phi) is 4.74. The minimum absolute atomic E-state index is 0.636. The number of likely N-dealkylation sites (tertiary alicyclic amines) is 1. The summed E-state index contributed by atoms with van der Waals surface area (Å²) in [5, 5.41) is 3.51. The average Bonchev–Trinajstić information content (AvgIpc) is 3.05. The molecular formula is C19H27N2OS+. The van der Waals surface area contributed by atoms with Crippen LogP contribution in [0.1, 0.15) is 37.6 Å². The summed E-state index contributed by atoms with van der Waals surface area (Å²) >= 11 is 1.82. The van der Waals surface area contributed by atoms with E-state index in [2.05, 4.69) is 38.4 Å². The minimum Gasteiger partial charge on any atom is -0.497 e. The topological polar surface area (TPSA) is 22.1 Å². The first kappa shape index (κ1) is 16.5. The number of methoxy groups -OCH3 is 1. The van der Waals surface area contributed by atoms with Crippen molar-refractivity contribution in [3.63, 3.8) is 0 Å². The van der Waals surface area contributed by atoms with Crippen molar-refractivity contribution in [2.75, 3.05) is 27.2 Å². The number of thiazole rings is 1.